The van der Waals surface area contributed by atoms with Gasteiger partial charge >= 0.3 is 0 Å². The Morgan fingerprint density at radius 1 is 0.483 bits per heavy atom. The van der Waals surface area contributed by atoms with Crippen LogP contribution in [-0.4, -0.2) is 11.7 Å². The Balaban J connectivity index is 2.53. The summed E-state index contributed by atoms with van der Waals surface area (Å²) in [6.45, 7) is 0. The van der Waals surface area contributed by atoms with Crippen LogP contribution in [0.25, 0.3) is 11.1 Å². The SMILES string of the molecule is N=C1N=C(N)C(c2c(F)c(F)c(F)c(F)c2F)=C1c1c(F)c(F)c(F)c(F)c1F. The molecule has 0 amide bonds. The number of rotatable bonds is 2. The summed E-state index contributed by atoms with van der Waals surface area (Å²) in [5.74, 6) is -27.7. The molecule has 0 aromatic heterocycles. The van der Waals surface area contributed by atoms with Crippen molar-refractivity contribution in [2.24, 2.45) is 10.7 Å². The van der Waals surface area contributed by atoms with Crippen molar-refractivity contribution in [1.82, 2.24) is 0 Å². The van der Waals surface area contributed by atoms with Gasteiger partial charge in [0.25, 0.3) is 0 Å². The van der Waals surface area contributed by atoms with Gasteiger partial charge in [-0.3, -0.25) is 5.41 Å². The van der Waals surface area contributed by atoms with Gasteiger partial charge < -0.3 is 5.73 Å². The average molecular weight is 427 g/mol. The Labute approximate surface area is 153 Å². The van der Waals surface area contributed by atoms with Crippen LogP contribution in [0.1, 0.15) is 11.1 Å². The predicted molar refractivity (Wildman–Crippen MR) is 78.6 cm³/mol. The summed E-state index contributed by atoms with van der Waals surface area (Å²) in [6, 6.07) is 0. The standard InChI is InChI=1S/C16H3F10N3/c17-5-3(6(18)10(22)13(25)9(5)21)1-2(16(28)29-15(1)27)4-7(19)11(23)14(26)12(24)8(4)20/h(H3,27,28,29). The Bertz CT molecular complexity index is 1120. The van der Waals surface area contributed by atoms with Gasteiger partial charge in [0.05, 0.1) is 11.1 Å². The lowest BCUT2D eigenvalue weighted by molar-refractivity contribution is 0.375. The highest BCUT2D eigenvalue weighted by atomic mass is 19.2. The molecule has 0 fully saturated rings. The molecule has 29 heavy (non-hydrogen) atoms. The van der Waals surface area contributed by atoms with Gasteiger partial charge in [0, 0.05) is 11.1 Å². The molecule has 2 aromatic rings. The lowest BCUT2D eigenvalue weighted by atomic mass is 9.93. The summed E-state index contributed by atoms with van der Waals surface area (Å²) in [4.78, 5) is 3.09. The number of aliphatic imine (C=N–C) groups is 1. The number of hydrogen-bond acceptors (Lipinski definition) is 2. The van der Waals surface area contributed by atoms with Crippen LogP contribution in [0.15, 0.2) is 4.99 Å². The van der Waals surface area contributed by atoms with Gasteiger partial charge in [-0.25, -0.2) is 48.9 Å². The summed E-state index contributed by atoms with van der Waals surface area (Å²) >= 11 is 0. The molecule has 0 unspecified atom stereocenters. The van der Waals surface area contributed by atoms with E-state index >= 15 is 0 Å². The molecule has 0 bridgehead atoms. The van der Waals surface area contributed by atoms with E-state index in [4.69, 9.17) is 11.1 Å². The van der Waals surface area contributed by atoms with E-state index < -0.39 is 92.1 Å². The molecule has 0 aliphatic carbocycles. The second-order valence-electron chi connectivity index (χ2n) is 5.49. The maximum absolute atomic E-state index is 14.1. The summed E-state index contributed by atoms with van der Waals surface area (Å²) in [6.07, 6.45) is 0. The zero-order valence-electron chi connectivity index (χ0n) is 13.3. The van der Waals surface area contributed by atoms with Crippen LogP contribution < -0.4 is 5.73 Å². The van der Waals surface area contributed by atoms with Gasteiger partial charge in [-0.2, -0.15) is 0 Å². The third-order valence-electron chi connectivity index (χ3n) is 3.89. The first kappa shape index (κ1) is 20.4. The van der Waals surface area contributed by atoms with Gasteiger partial charge in [-0.05, 0) is 0 Å². The largest absolute Gasteiger partial charge is 0.383 e. The number of amidine groups is 2. The van der Waals surface area contributed by atoms with E-state index in [2.05, 4.69) is 4.99 Å². The van der Waals surface area contributed by atoms with Gasteiger partial charge in [0.15, 0.2) is 52.4 Å². The second kappa shape index (κ2) is 6.60. The maximum atomic E-state index is 14.1. The number of nitrogens with zero attached hydrogens (tertiary/aromatic N) is 1. The minimum Gasteiger partial charge on any atom is -0.383 e. The molecule has 0 spiro atoms. The molecular formula is C16H3F10N3. The van der Waals surface area contributed by atoms with E-state index in [-0.39, 0.29) is 0 Å². The van der Waals surface area contributed by atoms with Crippen molar-refractivity contribution in [3.8, 4) is 0 Å². The van der Waals surface area contributed by atoms with Crippen molar-refractivity contribution in [3.05, 3.63) is 69.3 Å². The number of nitrogens with two attached hydrogens (primary N) is 1. The smallest absolute Gasteiger partial charge is 0.200 e. The molecule has 1 aliphatic rings. The third kappa shape index (κ3) is 2.68. The van der Waals surface area contributed by atoms with Crippen molar-refractivity contribution in [1.29, 1.82) is 5.41 Å². The molecule has 3 nitrogen and oxygen atoms in total. The van der Waals surface area contributed by atoms with Crippen LogP contribution in [0.2, 0.25) is 0 Å². The molecule has 152 valence electrons. The summed E-state index contributed by atoms with van der Waals surface area (Å²) in [5, 5.41) is 7.53. The zero-order valence-corrected chi connectivity index (χ0v) is 13.3. The van der Waals surface area contributed by atoms with Crippen LogP contribution in [0, 0.1) is 63.6 Å². The first-order chi connectivity index (χ1) is 13.4. The summed E-state index contributed by atoms with van der Waals surface area (Å²) in [7, 11) is 0. The molecule has 13 heteroatoms. The Morgan fingerprint density at radius 3 is 1.10 bits per heavy atom. The zero-order chi connectivity index (χ0) is 21.9. The highest BCUT2D eigenvalue weighted by Crippen LogP contribution is 2.40. The van der Waals surface area contributed by atoms with Crippen LogP contribution in [0.5, 0.6) is 0 Å². The van der Waals surface area contributed by atoms with Crippen molar-refractivity contribution in [2.75, 3.05) is 0 Å². The topological polar surface area (TPSA) is 62.2 Å². The molecule has 3 rings (SSSR count). The van der Waals surface area contributed by atoms with E-state index in [1.165, 1.54) is 0 Å². The van der Waals surface area contributed by atoms with Crippen LogP contribution in [0.3, 0.4) is 0 Å². The van der Waals surface area contributed by atoms with E-state index in [0.29, 0.717) is 0 Å². The fourth-order valence-corrected chi connectivity index (χ4v) is 2.62. The fourth-order valence-electron chi connectivity index (χ4n) is 2.62. The van der Waals surface area contributed by atoms with E-state index in [9.17, 15) is 43.9 Å². The molecule has 0 saturated carbocycles. The quantitative estimate of drug-likeness (QED) is 0.418. The number of benzene rings is 2. The minimum absolute atomic E-state index is 1.16. The first-order valence-electron chi connectivity index (χ1n) is 7.13. The number of nitrogens with one attached hydrogen (secondary N) is 1. The summed E-state index contributed by atoms with van der Waals surface area (Å²) < 4.78 is 137. The fraction of sp³-hybridized carbons (Fsp3) is 0. The Hall–Kier alpha value is -3.38. The highest BCUT2D eigenvalue weighted by Gasteiger charge is 2.38. The van der Waals surface area contributed by atoms with Crippen molar-refractivity contribution < 1.29 is 43.9 Å². The molecule has 0 atom stereocenters. The molecule has 0 saturated heterocycles. The summed E-state index contributed by atoms with van der Waals surface area (Å²) in [5.41, 5.74) is -1.32. The predicted octanol–water partition coefficient (Wildman–Crippen LogP) is 4.34. The molecule has 1 aliphatic heterocycles. The molecule has 3 N–H and O–H groups in total. The monoisotopic (exact) mass is 427 g/mol. The lowest BCUT2D eigenvalue weighted by Gasteiger charge is -2.14. The van der Waals surface area contributed by atoms with Crippen LogP contribution in [0.4, 0.5) is 43.9 Å². The van der Waals surface area contributed by atoms with Gasteiger partial charge in [-0.1, -0.05) is 0 Å². The van der Waals surface area contributed by atoms with Crippen molar-refractivity contribution >= 4 is 22.8 Å². The Kier molecular flexibility index (Phi) is 4.63. The number of hydrogen-bond donors (Lipinski definition) is 2. The molecule has 0 radical (unpaired) electrons. The average Bonchev–Trinajstić information content (AvgIpc) is 2.96. The third-order valence-corrected chi connectivity index (χ3v) is 3.89. The molecule has 1 heterocycles. The van der Waals surface area contributed by atoms with Crippen LogP contribution >= 0.6 is 0 Å². The van der Waals surface area contributed by atoms with Gasteiger partial charge in [-0.15, -0.1) is 0 Å². The highest BCUT2D eigenvalue weighted by molar-refractivity contribution is 6.48. The van der Waals surface area contributed by atoms with Gasteiger partial charge in [0.2, 0.25) is 11.6 Å². The maximum Gasteiger partial charge on any atom is 0.200 e. The Morgan fingerprint density at radius 2 is 0.759 bits per heavy atom. The second-order valence-corrected chi connectivity index (χ2v) is 5.49. The van der Waals surface area contributed by atoms with E-state index in [1.54, 1.807) is 0 Å². The molecule has 2 aromatic carbocycles. The first-order valence-corrected chi connectivity index (χ1v) is 7.13. The van der Waals surface area contributed by atoms with Crippen molar-refractivity contribution in [2.45, 2.75) is 0 Å². The van der Waals surface area contributed by atoms with E-state index in [0.717, 1.165) is 0 Å². The number of halogens is 10. The normalized spacial score (nSPS) is 14.1. The van der Waals surface area contributed by atoms with Gasteiger partial charge in [0.1, 0.15) is 5.84 Å². The lowest BCUT2D eigenvalue weighted by Crippen LogP contribution is -2.17. The van der Waals surface area contributed by atoms with Crippen molar-refractivity contribution in [3.63, 3.8) is 0 Å². The van der Waals surface area contributed by atoms with Crippen LogP contribution in [-0.2, 0) is 0 Å². The van der Waals surface area contributed by atoms with E-state index in [1.807, 2.05) is 0 Å². The molecular weight excluding hydrogens is 424 g/mol. The minimum atomic E-state index is -2.58.